The second-order valence-electron chi connectivity index (χ2n) is 2.90. The number of methoxy groups -OCH3 is 2. The van der Waals surface area contributed by atoms with Crippen LogP contribution < -0.4 is 15.0 Å². The van der Waals surface area contributed by atoms with E-state index in [9.17, 15) is 4.79 Å². The SMILES string of the molecule is COc1ccc(CC(=O)NO)cc1OC. The number of benzene rings is 1. The molecule has 0 saturated heterocycles. The summed E-state index contributed by atoms with van der Waals surface area (Å²) in [5.41, 5.74) is 2.30. The molecule has 0 radical (unpaired) electrons. The summed E-state index contributed by atoms with van der Waals surface area (Å²) in [6.45, 7) is 0. The maximum Gasteiger partial charge on any atom is 0.247 e. The van der Waals surface area contributed by atoms with Crippen LogP contribution in [0.5, 0.6) is 11.5 Å². The second kappa shape index (κ2) is 5.21. The van der Waals surface area contributed by atoms with Gasteiger partial charge in [0.15, 0.2) is 11.5 Å². The molecule has 5 heteroatoms. The second-order valence-corrected chi connectivity index (χ2v) is 2.90. The third-order valence-corrected chi connectivity index (χ3v) is 1.94. The molecule has 0 fully saturated rings. The minimum Gasteiger partial charge on any atom is -0.493 e. The molecule has 0 spiro atoms. The number of nitrogens with one attached hydrogen (secondary N) is 1. The number of carbonyl (C=O) groups is 1. The molecule has 1 aromatic carbocycles. The van der Waals surface area contributed by atoms with E-state index in [1.807, 2.05) is 0 Å². The van der Waals surface area contributed by atoms with Crippen LogP contribution in [0, 0.1) is 0 Å². The topological polar surface area (TPSA) is 67.8 Å². The first kappa shape index (κ1) is 11.3. The molecule has 0 unspecified atom stereocenters. The van der Waals surface area contributed by atoms with E-state index in [2.05, 4.69) is 0 Å². The lowest BCUT2D eigenvalue weighted by Crippen LogP contribution is -2.20. The lowest BCUT2D eigenvalue weighted by molar-refractivity contribution is -0.128. The van der Waals surface area contributed by atoms with E-state index in [1.165, 1.54) is 14.2 Å². The van der Waals surface area contributed by atoms with Crippen LogP contribution in [0.2, 0.25) is 0 Å². The van der Waals surface area contributed by atoms with E-state index in [0.29, 0.717) is 11.5 Å². The Bertz CT molecular complexity index is 351. The van der Waals surface area contributed by atoms with E-state index in [4.69, 9.17) is 14.7 Å². The lowest BCUT2D eigenvalue weighted by Gasteiger charge is -2.08. The zero-order chi connectivity index (χ0) is 11.3. The van der Waals surface area contributed by atoms with Crippen molar-refractivity contribution >= 4 is 5.91 Å². The summed E-state index contributed by atoms with van der Waals surface area (Å²) in [7, 11) is 3.06. The summed E-state index contributed by atoms with van der Waals surface area (Å²) < 4.78 is 10.1. The highest BCUT2D eigenvalue weighted by molar-refractivity contribution is 5.77. The van der Waals surface area contributed by atoms with Crippen molar-refractivity contribution in [3.05, 3.63) is 23.8 Å². The van der Waals surface area contributed by atoms with E-state index in [-0.39, 0.29) is 6.42 Å². The molecule has 1 rings (SSSR count). The molecule has 0 aliphatic heterocycles. The first-order valence-corrected chi connectivity index (χ1v) is 4.35. The van der Waals surface area contributed by atoms with Gasteiger partial charge in [-0.1, -0.05) is 6.07 Å². The third-order valence-electron chi connectivity index (χ3n) is 1.94. The van der Waals surface area contributed by atoms with Crippen molar-refractivity contribution in [1.29, 1.82) is 0 Å². The fraction of sp³-hybridized carbons (Fsp3) is 0.300. The Labute approximate surface area is 87.6 Å². The smallest absolute Gasteiger partial charge is 0.247 e. The first-order valence-electron chi connectivity index (χ1n) is 4.35. The van der Waals surface area contributed by atoms with Gasteiger partial charge >= 0.3 is 0 Å². The highest BCUT2D eigenvalue weighted by Crippen LogP contribution is 2.27. The largest absolute Gasteiger partial charge is 0.493 e. The average molecular weight is 211 g/mol. The summed E-state index contributed by atoms with van der Waals surface area (Å²) in [5, 5.41) is 8.37. The molecular weight excluding hydrogens is 198 g/mol. The van der Waals surface area contributed by atoms with Crippen molar-refractivity contribution in [2.45, 2.75) is 6.42 Å². The van der Waals surface area contributed by atoms with Crippen LogP contribution in [0.1, 0.15) is 5.56 Å². The van der Waals surface area contributed by atoms with Crippen LogP contribution in [0.4, 0.5) is 0 Å². The number of carbonyl (C=O) groups excluding carboxylic acids is 1. The van der Waals surface area contributed by atoms with Crippen molar-refractivity contribution in [2.24, 2.45) is 0 Å². The fourth-order valence-electron chi connectivity index (χ4n) is 1.22. The monoisotopic (exact) mass is 211 g/mol. The Balaban J connectivity index is 2.88. The van der Waals surface area contributed by atoms with Gasteiger partial charge in [-0.15, -0.1) is 0 Å². The van der Waals surface area contributed by atoms with Crippen molar-refractivity contribution in [3.63, 3.8) is 0 Å². The van der Waals surface area contributed by atoms with Crippen LogP contribution in [-0.4, -0.2) is 25.3 Å². The Morgan fingerprint density at radius 3 is 2.53 bits per heavy atom. The van der Waals surface area contributed by atoms with Gasteiger partial charge in [0.25, 0.3) is 0 Å². The van der Waals surface area contributed by atoms with E-state index in [1.54, 1.807) is 23.7 Å². The maximum absolute atomic E-state index is 10.9. The molecule has 0 saturated carbocycles. The van der Waals surface area contributed by atoms with Gasteiger partial charge in [0.1, 0.15) is 0 Å². The summed E-state index contributed by atoms with van der Waals surface area (Å²) in [5.74, 6) is 0.689. The van der Waals surface area contributed by atoms with Crippen LogP contribution in [0.3, 0.4) is 0 Å². The number of ether oxygens (including phenoxy) is 2. The van der Waals surface area contributed by atoms with E-state index >= 15 is 0 Å². The molecule has 5 nitrogen and oxygen atoms in total. The van der Waals surface area contributed by atoms with Gasteiger partial charge in [-0.05, 0) is 17.7 Å². The third kappa shape index (κ3) is 2.85. The predicted octanol–water partition coefficient (Wildman–Crippen LogP) is 0.752. The van der Waals surface area contributed by atoms with Gasteiger partial charge in [-0.3, -0.25) is 10.0 Å². The standard InChI is InChI=1S/C10H13NO4/c1-14-8-4-3-7(5-9(8)15-2)6-10(12)11-13/h3-5,13H,6H2,1-2H3,(H,11,12). The van der Waals surface area contributed by atoms with Gasteiger partial charge in [0, 0.05) is 0 Å². The van der Waals surface area contributed by atoms with Crippen LogP contribution in [-0.2, 0) is 11.2 Å². The van der Waals surface area contributed by atoms with Crippen LogP contribution in [0.15, 0.2) is 18.2 Å². The molecule has 0 atom stereocenters. The van der Waals surface area contributed by atoms with Crippen molar-refractivity contribution in [1.82, 2.24) is 5.48 Å². The minimum atomic E-state index is -0.470. The number of hydrogen-bond donors (Lipinski definition) is 2. The summed E-state index contributed by atoms with van der Waals surface area (Å²) in [6.07, 6.45) is 0.0941. The molecule has 1 amide bonds. The minimum absolute atomic E-state index is 0.0941. The lowest BCUT2D eigenvalue weighted by atomic mass is 10.1. The predicted molar refractivity (Wildman–Crippen MR) is 53.2 cm³/mol. The molecule has 0 aliphatic rings. The Hall–Kier alpha value is -1.75. The highest BCUT2D eigenvalue weighted by Gasteiger charge is 2.07. The molecular formula is C10H13NO4. The zero-order valence-electron chi connectivity index (χ0n) is 8.61. The zero-order valence-corrected chi connectivity index (χ0v) is 8.61. The van der Waals surface area contributed by atoms with E-state index in [0.717, 1.165) is 5.56 Å². The number of rotatable bonds is 4. The van der Waals surface area contributed by atoms with Gasteiger partial charge < -0.3 is 9.47 Å². The summed E-state index contributed by atoms with van der Waals surface area (Å²) >= 11 is 0. The highest BCUT2D eigenvalue weighted by atomic mass is 16.5. The fourth-order valence-corrected chi connectivity index (χ4v) is 1.22. The maximum atomic E-state index is 10.9. The van der Waals surface area contributed by atoms with Gasteiger partial charge in [0.2, 0.25) is 5.91 Å². The van der Waals surface area contributed by atoms with Crippen LogP contribution in [0.25, 0.3) is 0 Å². The van der Waals surface area contributed by atoms with Crippen LogP contribution >= 0.6 is 0 Å². The van der Waals surface area contributed by atoms with Gasteiger partial charge in [-0.25, -0.2) is 5.48 Å². The molecule has 15 heavy (non-hydrogen) atoms. The average Bonchev–Trinajstić information content (AvgIpc) is 2.28. The molecule has 0 aliphatic carbocycles. The van der Waals surface area contributed by atoms with Crippen molar-refractivity contribution in [2.75, 3.05) is 14.2 Å². The molecule has 2 N–H and O–H groups in total. The molecule has 0 aromatic heterocycles. The molecule has 0 heterocycles. The Morgan fingerprint density at radius 2 is 2.00 bits per heavy atom. The number of hydroxylamine groups is 1. The Kier molecular flexibility index (Phi) is 3.93. The molecule has 0 bridgehead atoms. The molecule has 82 valence electrons. The Morgan fingerprint density at radius 1 is 1.33 bits per heavy atom. The summed E-state index contributed by atoms with van der Waals surface area (Å²) in [6, 6.07) is 5.13. The van der Waals surface area contributed by atoms with E-state index < -0.39 is 5.91 Å². The van der Waals surface area contributed by atoms with Gasteiger partial charge in [-0.2, -0.15) is 0 Å². The van der Waals surface area contributed by atoms with Crippen molar-refractivity contribution in [3.8, 4) is 11.5 Å². The van der Waals surface area contributed by atoms with Gasteiger partial charge in [0.05, 0.1) is 20.6 Å². The quantitative estimate of drug-likeness (QED) is 0.569. The number of hydrogen-bond acceptors (Lipinski definition) is 4. The molecule has 1 aromatic rings. The normalized spacial score (nSPS) is 9.53. The number of amides is 1. The first-order chi connectivity index (χ1) is 7.21. The van der Waals surface area contributed by atoms with Crippen molar-refractivity contribution < 1.29 is 19.5 Å². The summed E-state index contributed by atoms with van der Waals surface area (Å²) in [4.78, 5) is 10.9.